The van der Waals surface area contributed by atoms with Gasteiger partial charge in [-0.05, 0) is 44.1 Å². The molecule has 2 aromatic rings. The molecule has 1 aliphatic carbocycles. The van der Waals surface area contributed by atoms with Gasteiger partial charge in [0, 0.05) is 11.3 Å². The van der Waals surface area contributed by atoms with Gasteiger partial charge >= 0.3 is 0 Å². The Morgan fingerprint density at radius 2 is 2.24 bits per heavy atom. The fraction of sp³-hybridized carbons (Fsp3) is 0.588. The Labute approximate surface area is 136 Å². The SMILES string of the molecule is CCSC1CCCC1n1c(C(C)Cl)nc2c(C)cccc21. The summed E-state index contributed by atoms with van der Waals surface area (Å²) in [4.78, 5) is 4.87. The molecule has 3 unspecified atom stereocenters. The number of thioether (sulfide) groups is 1. The third-order valence-corrected chi connectivity index (χ3v) is 5.94. The minimum Gasteiger partial charge on any atom is -0.322 e. The maximum Gasteiger partial charge on any atom is 0.128 e. The first-order chi connectivity index (χ1) is 10.1. The van der Waals surface area contributed by atoms with Crippen LogP contribution in [0, 0.1) is 6.92 Å². The standard InChI is InChI=1S/C17H23ClN2S/c1-4-21-15-10-6-8-13(15)20-14-9-5-7-11(2)16(14)19-17(20)12(3)18/h5,7,9,12-13,15H,4,6,8,10H2,1-3H3. The van der Waals surface area contributed by atoms with Crippen LogP contribution in [0.3, 0.4) is 0 Å². The number of aryl methyl sites for hydroxylation is 1. The van der Waals surface area contributed by atoms with Crippen molar-refractivity contribution in [2.75, 3.05) is 5.75 Å². The van der Waals surface area contributed by atoms with E-state index in [0.717, 1.165) is 11.3 Å². The first-order valence-corrected chi connectivity index (χ1v) is 9.35. The van der Waals surface area contributed by atoms with Gasteiger partial charge in [0.25, 0.3) is 0 Å². The van der Waals surface area contributed by atoms with E-state index in [9.17, 15) is 0 Å². The number of hydrogen-bond acceptors (Lipinski definition) is 2. The predicted molar refractivity (Wildman–Crippen MR) is 93.5 cm³/mol. The molecule has 1 fully saturated rings. The van der Waals surface area contributed by atoms with Crippen molar-refractivity contribution in [1.29, 1.82) is 0 Å². The zero-order valence-electron chi connectivity index (χ0n) is 13.0. The molecule has 3 atom stereocenters. The largest absolute Gasteiger partial charge is 0.322 e. The molecule has 114 valence electrons. The molecule has 1 heterocycles. The fourth-order valence-corrected chi connectivity index (χ4v) is 4.91. The Kier molecular flexibility index (Phi) is 4.51. The molecule has 1 saturated carbocycles. The van der Waals surface area contributed by atoms with Gasteiger partial charge in [-0.2, -0.15) is 11.8 Å². The Morgan fingerprint density at radius 1 is 1.43 bits per heavy atom. The summed E-state index contributed by atoms with van der Waals surface area (Å²) in [7, 11) is 0. The predicted octanol–water partition coefficient (Wildman–Crippen LogP) is 5.49. The zero-order valence-corrected chi connectivity index (χ0v) is 14.5. The molecule has 0 bridgehead atoms. The fourth-order valence-electron chi connectivity index (χ4n) is 3.51. The molecule has 1 aromatic carbocycles. The van der Waals surface area contributed by atoms with Gasteiger partial charge in [-0.15, -0.1) is 11.6 Å². The first-order valence-electron chi connectivity index (χ1n) is 7.86. The highest BCUT2D eigenvalue weighted by atomic mass is 35.5. The third kappa shape index (κ3) is 2.70. The number of fused-ring (bicyclic) bond motifs is 1. The van der Waals surface area contributed by atoms with Crippen molar-refractivity contribution in [3.05, 3.63) is 29.6 Å². The average Bonchev–Trinajstić information content (AvgIpc) is 3.03. The van der Waals surface area contributed by atoms with Crippen LogP contribution >= 0.6 is 23.4 Å². The monoisotopic (exact) mass is 322 g/mol. The quantitative estimate of drug-likeness (QED) is 0.692. The summed E-state index contributed by atoms with van der Waals surface area (Å²) in [5.74, 6) is 2.22. The topological polar surface area (TPSA) is 17.8 Å². The van der Waals surface area contributed by atoms with Crippen LogP contribution in [0.4, 0.5) is 0 Å². The van der Waals surface area contributed by atoms with Gasteiger partial charge in [0.2, 0.25) is 0 Å². The molecule has 2 nitrogen and oxygen atoms in total. The van der Waals surface area contributed by atoms with Crippen molar-refractivity contribution >= 4 is 34.4 Å². The smallest absolute Gasteiger partial charge is 0.128 e. The summed E-state index contributed by atoms with van der Waals surface area (Å²) in [6.45, 7) is 6.42. The molecular weight excluding hydrogens is 300 g/mol. The number of hydrogen-bond donors (Lipinski definition) is 0. The lowest BCUT2D eigenvalue weighted by Gasteiger charge is -2.24. The van der Waals surface area contributed by atoms with E-state index in [2.05, 4.69) is 48.4 Å². The van der Waals surface area contributed by atoms with Crippen LogP contribution in [0.2, 0.25) is 0 Å². The van der Waals surface area contributed by atoms with Gasteiger partial charge in [0.15, 0.2) is 0 Å². The van der Waals surface area contributed by atoms with E-state index in [4.69, 9.17) is 16.6 Å². The average molecular weight is 323 g/mol. The number of para-hydroxylation sites is 1. The molecule has 3 rings (SSSR count). The molecule has 4 heteroatoms. The van der Waals surface area contributed by atoms with Crippen LogP contribution in [0.25, 0.3) is 11.0 Å². The van der Waals surface area contributed by atoms with Crippen LogP contribution in [0.1, 0.15) is 55.9 Å². The van der Waals surface area contributed by atoms with E-state index in [1.807, 2.05) is 6.92 Å². The number of alkyl halides is 1. The summed E-state index contributed by atoms with van der Waals surface area (Å²) in [5.41, 5.74) is 3.61. The van der Waals surface area contributed by atoms with Crippen molar-refractivity contribution in [3.8, 4) is 0 Å². The van der Waals surface area contributed by atoms with Gasteiger partial charge in [0.05, 0.1) is 16.4 Å². The highest BCUT2D eigenvalue weighted by Crippen LogP contribution is 2.42. The molecule has 0 N–H and O–H groups in total. The lowest BCUT2D eigenvalue weighted by molar-refractivity contribution is 0.519. The Morgan fingerprint density at radius 3 is 2.95 bits per heavy atom. The van der Waals surface area contributed by atoms with E-state index in [1.54, 1.807) is 0 Å². The van der Waals surface area contributed by atoms with Crippen LogP contribution in [0.5, 0.6) is 0 Å². The van der Waals surface area contributed by atoms with Gasteiger partial charge in [-0.25, -0.2) is 4.98 Å². The van der Waals surface area contributed by atoms with E-state index < -0.39 is 0 Å². The normalized spacial score (nSPS) is 23.8. The molecule has 0 radical (unpaired) electrons. The molecular formula is C17H23ClN2S. The summed E-state index contributed by atoms with van der Waals surface area (Å²) < 4.78 is 2.44. The van der Waals surface area contributed by atoms with Crippen molar-refractivity contribution in [3.63, 3.8) is 0 Å². The van der Waals surface area contributed by atoms with Crippen molar-refractivity contribution < 1.29 is 0 Å². The molecule has 1 aliphatic rings. The molecule has 0 saturated heterocycles. The number of imidazole rings is 1. The molecule has 0 amide bonds. The number of halogens is 1. The highest BCUT2D eigenvalue weighted by Gasteiger charge is 2.32. The van der Waals surface area contributed by atoms with E-state index in [0.29, 0.717) is 11.3 Å². The highest BCUT2D eigenvalue weighted by molar-refractivity contribution is 7.99. The summed E-state index contributed by atoms with van der Waals surface area (Å²) in [5, 5.41) is 0.645. The zero-order chi connectivity index (χ0) is 15.0. The summed E-state index contributed by atoms with van der Waals surface area (Å²) in [6, 6.07) is 7.01. The maximum absolute atomic E-state index is 6.45. The Balaban J connectivity index is 2.15. The summed E-state index contributed by atoms with van der Waals surface area (Å²) in [6.07, 6.45) is 3.86. The third-order valence-electron chi connectivity index (χ3n) is 4.44. The van der Waals surface area contributed by atoms with Gasteiger partial charge in [-0.3, -0.25) is 0 Å². The van der Waals surface area contributed by atoms with Crippen molar-refractivity contribution in [2.24, 2.45) is 0 Å². The van der Waals surface area contributed by atoms with E-state index in [1.165, 1.54) is 36.1 Å². The number of aromatic nitrogens is 2. The number of rotatable bonds is 4. The second kappa shape index (κ2) is 6.21. The van der Waals surface area contributed by atoms with Crippen LogP contribution in [-0.4, -0.2) is 20.6 Å². The van der Waals surface area contributed by atoms with Crippen LogP contribution in [-0.2, 0) is 0 Å². The lowest BCUT2D eigenvalue weighted by Crippen LogP contribution is -2.19. The first kappa shape index (κ1) is 15.2. The van der Waals surface area contributed by atoms with Gasteiger partial charge in [-0.1, -0.05) is 25.5 Å². The second-order valence-corrected chi connectivity index (χ2v) is 8.06. The van der Waals surface area contributed by atoms with Crippen LogP contribution in [0.15, 0.2) is 18.2 Å². The summed E-state index contributed by atoms with van der Waals surface area (Å²) >= 11 is 8.53. The van der Waals surface area contributed by atoms with E-state index >= 15 is 0 Å². The second-order valence-electron chi connectivity index (χ2n) is 5.89. The molecule has 1 aromatic heterocycles. The van der Waals surface area contributed by atoms with Gasteiger partial charge < -0.3 is 4.57 Å². The number of nitrogens with zero attached hydrogens (tertiary/aromatic N) is 2. The maximum atomic E-state index is 6.45. The van der Waals surface area contributed by atoms with E-state index in [-0.39, 0.29) is 5.38 Å². The van der Waals surface area contributed by atoms with Crippen molar-refractivity contribution in [1.82, 2.24) is 9.55 Å². The molecule has 0 spiro atoms. The Hall–Kier alpha value is -0.670. The number of benzene rings is 1. The molecule has 21 heavy (non-hydrogen) atoms. The minimum absolute atomic E-state index is 0.0512. The molecule has 0 aliphatic heterocycles. The lowest BCUT2D eigenvalue weighted by atomic mass is 10.2. The Bertz CT molecular complexity index is 635. The van der Waals surface area contributed by atoms with Crippen molar-refractivity contribution in [2.45, 2.75) is 56.7 Å². The minimum atomic E-state index is -0.0512. The van der Waals surface area contributed by atoms with Crippen LogP contribution < -0.4 is 0 Å². The van der Waals surface area contributed by atoms with Gasteiger partial charge in [0.1, 0.15) is 5.82 Å².